The Morgan fingerprint density at radius 1 is 1.38 bits per heavy atom. The minimum Gasteiger partial charge on any atom is -0.361 e. The highest BCUT2D eigenvalue weighted by molar-refractivity contribution is 5.97. The van der Waals surface area contributed by atoms with Crippen LogP contribution in [0.25, 0.3) is 0 Å². The second-order valence-corrected chi connectivity index (χ2v) is 5.23. The zero-order chi connectivity index (χ0) is 14.8. The second-order valence-electron chi connectivity index (χ2n) is 5.23. The van der Waals surface area contributed by atoms with Crippen molar-refractivity contribution in [2.24, 2.45) is 4.99 Å². The Hall–Kier alpha value is -2.30. The van der Waals surface area contributed by atoms with Crippen molar-refractivity contribution in [1.82, 2.24) is 10.5 Å². The molecule has 1 N–H and O–H groups in total. The molecule has 1 aromatic heterocycles. The zero-order valence-electron chi connectivity index (χ0n) is 12.7. The van der Waals surface area contributed by atoms with Crippen LogP contribution in [0.5, 0.6) is 0 Å². The van der Waals surface area contributed by atoms with Crippen molar-refractivity contribution >= 4 is 11.6 Å². The van der Waals surface area contributed by atoms with Crippen molar-refractivity contribution in [2.45, 2.75) is 26.8 Å². The van der Waals surface area contributed by atoms with Gasteiger partial charge in [-0.2, -0.15) is 0 Å². The summed E-state index contributed by atoms with van der Waals surface area (Å²) in [4.78, 5) is 6.64. The Labute approximate surface area is 124 Å². The number of hydrogen-bond donors (Lipinski definition) is 1. The van der Waals surface area contributed by atoms with Crippen LogP contribution in [-0.2, 0) is 13.0 Å². The lowest BCUT2D eigenvalue weighted by atomic mass is 10.2. The Bertz CT molecular complexity index is 655. The lowest BCUT2D eigenvalue weighted by molar-refractivity contribution is 0.392. The third-order valence-corrected chi connectivity index (χ3v) is 3.96. The van der Waals surface area contributed by atoms with Crippen LogP contribution in [0, 0.1) is 13.8 Å². The quantitative estimate of drug-likeness (QED) is 0.680. The first-order chi connectivity index (χ1) is 10.2. The number of nitrogens with one attached hydrogen (secondary N) is 1. The normalized spacial score (nSPS) is 14.4. The number of nitrogens with zero attached hydrogens (tertiary/aromatic N) is 3. The molecule has 0 aliphatic carbocycles. The number of rotatable bonds is 2. The number of aromatic nitrogens is 1. The van der Waals surface area contributed by atoms with Gasteiger partial charge < -0.3 is 14.7 Å². The summed E-state index contributed by atoms with van der Waals surface area (Å²) in [6.07, 6.45) is 1.06. The van der Waals surface area contributed by atoms with E-state index >= 15 is 0 Å². The molecule has 110 valence electrons. The molecule has 0 bridgehead atoms. The number of aryl methyl sites for hydroxylation is 2. The van der Waals surface area contributed by atoms with E-state index in [0.29, 0.717) is 6.54 Å². The lowest BCUT2D eigenvalue weighted by Gasteiger charge is -2.22. The molecule has 0 saturated carbocycles. The van der Waals surface area contributed by atoms with Gasteiger partial charge in [0.15, 0.2) is 5.96 Å². The van der Waals surface area contributed by atoms with Crippen LogP contribution in [0.4, 0.5) is 5.69 Å². The minimum absolute atomic E-state index is 0.673. The number of fused-ring (bicyclic) bond motifs is 1. The summed E-state index contributed by atoms with van der Waals surface area (Å²) < 4.78 is 5.20. The van der Waals surface area contributed by atoms with Gasteiger partial charge in [-0.1, -0.05) is 23.4 Å². The molecule has 2 heterocycles. The van der Waals surface area contributed by atoms with E-state index in [0.717, 1.165) is 35.9 Å². The Morgan fingerprint density at radius 2 is 2.19 bits per heavy atom. The van der Waals surface area contributed by atoms with Crippen LogP contribution in [0.1, 0.15) is 22.6 Å². The summed E-state index contributed by atoms with van der Waals surface area (Å²) in [5, 5.41) is 7.40. The van der Waals surface area contributed by atoms with Gasteiger partial charge >= 0.3 is 0 Å². The Morgan fingerprint density at radius 3 is 2.90 bits per heavy atom. The van der Waals surface area contributed by atoms with Crippen molar-refractivity contribution < 1.29 is 4.52 Å². The summed E-state index contributed by atoms with van der Waals surface area (Å²) in [5.74, 6) is 1.75. The maximum atomic E-state index is 5.20. The first-order valence-electron chi connectivity index (χ1n) is 7.18. The van der Waals surface area contributed by atoms with E-state index in [9.17, 15) is 0 Å². The first kappa shape index (κ1) is 13.7. The van der Waals surface area contributed by atoms with Gasteiger partial charge in [-0.15, -0.1) is 0 Å². The fraction of sp³-hybridized carbons (Fsp3) is 0.375. The first-order valence-corrected chi connectivity index (χ1v) is 7.18. The molecule has 1 aliphatic rings. The number of para-hydroxylation sites is 1. The largest absolute Gasteiger partial charge is 0.361 e. The minimum atomic E-state index is 0.673. The molecule has 0 unspecified atom stereocenters. The Balaban J connectivity index is 1.76. The number of guanidine groups is 1. The zero-order valence-corrected chi connectivity index (χ0v) is 12.7. The predicted octanol–water partition coefficient (Wildman–Crippen LogP) is 2.43. The van der Waals surface area contributed by atoms with Gasteiger partial charge in [-0.3, -0.25) is 4.99 Å². The highest BCUT2D eigenvalue weighted by Crippen LogP contribution is 2.27. The van der Waals surface area contributed by atoms with Crippen LogP contribution >= 0.6 is 0 Å². The molecule has 21 heavy (non-hydrogen) atoms. The molecular weight excluding hydrogens is 264 g/mol. The van der Waals surface area contributed by atoms with Gasteiger partial charge in [0.05, 0.1) is 5.69 Å². The average molecular weight is 284 g/mol. The molecule has 0 saturated heterocycles. The van der Waals surface area contributed by atoms with E-state index in [1.807, 2.05) is 20.9 Å². The van der Waals surface area contributed by atoms with E-state index in [1.165, 1.54) is 11.3 Å². The van der Waals surface area contributed by atoms with E-state index in [1.54, 1.807) is 0 Å². The highest BCUT2D eigenvalue weighted by Gasteiger charge is 2.22. The SMILES string of the molecule is CN=C(NCc1c(C)noc1C)N1CCc2ccccc21. The molecule has 5 heteroatoms. The van der Waals surface area contributed by atoms with E-state index in [4.69, 9.17) is 4.52 Å². The van der Waals surface area contributed by atoms with E-state index in [-0.39, 0.29) is 0 Å². The monoisotopic (exact) mass is 284 g/mol. The van der Waals surface area contributed by atoms with Crippen LogP contribution in [0.3, 0.4) is 0 Å². The second kappa shape index (κ2) is 5.60. The van der Waals surface area contributed by atoms with Gasteiger partial charge in [-0.25, -0.2) is 0 Å². The van der Waals surface area contributed by atoms with Crippen LogP contribution < -0.4 is 10.2 Å². The van der Waals surface area contributed by atoms with Gasteiger partial charge in [0.2, 0.25) is 0 Å². The van der Waals surface area contributed by atoms with Gasteiger partial charge in [0, 0.05) is 31.4 Å². The average Bonchev–Trinajstić information content (AvgIpc) is 3.06. The predicted molar refractivity (Wildman–Crippen MR) is 83.7 cm³/mol. The maximum Gasteiger partial charge on any atom is 0.198 e. The third-order valence-electron chi connectivity index (χ3n) is 3.96. The van der Waals surface area contributed by atoms with E-state index < -0.39 is 0 Å². The topological polar surface area (TPSA) is 53.7 Å². The standard InChI is InChI=1S/C16H20N4O/c1-11-14(12(2)21-19-11)10-18-16(17-3)20-9-8-13-6-4-5-7-15(13)20/h4-7H,8-10H2,1-3H3,(H,17,18). The smallest absolute Gasteiger partial charge is 0.198 e. The van der Waals surface area contributed by atoms with Crippen molar-refractivity contribution in [3.8, 4) is 0 Å². The molecule has 5 nitrogen and oxygen atoms in total. The Kier molecular flexibility index (Phi) is 3.64. The maximum absolute atomic E-state index is 5.20. The van der Waals surface area contributed by atoms with Crippen molar-refractivity contribution in [3.63, 3.8) is 0 Å². The van der Waals surface area contributed by atoms with Crippen LogP contribution in [-0.4, -0.2) is 24.7 Å². The fourth-order valence-electron chi connectivity index (χ4n) is 2.78. The molecule has 2 aromatic rings. The lowest BCUT2D eigenvalue weighted by Crippen LogP contribution is -2.40. The molecule has 3 rings (SSSR count). The summed E-state index contributed by atoms with van der Waals surface area (Å²) in [5.41, 5.74) is 4.64. The summed E-state index contributed by atoms with van der Waals surface area (Å²) >= 11 is 0. The van der Waals surface area contributed by atoms with Gasteiger partial charge in [-0.05, 0) is 31.9 Å². The van der Waals surface area contributed by atoms with Crippen molar-refractivity contribution in [1.29, 1.82) is 0 Å². The molecule has 0 atom stereocenters. The molecule has 1 aliphatic heterocycles. The molecule has 0 amide bonds. The summed E-state index contributed by atoms with van der Waals surface area (Å²) in [7, 11) is 1.82. The molecule has 0 radical (unpaired) electrons. The number of hydrogen-bond acceptors (Lipinski definition) is 3. The van der Waals surface area contributed by atoms with Crippen LogP contribution in [0.2, 0.25) is 0 Å². The number of anilines is 1. The van der Waals surface area contributed by atoms with Crippen LogP contribution in [0.15, 0.2) is 33.8 Å². The molecule has 0 spiro atoms. The number of aliphatic imine (C=N–C) groups is 1. The van der Waals surface area contributed by atoms with Crippen molar-refractivity contribution in [3.05, 3.63) is 46.8 Å². The van der Waals surface area contributed by atoms with E-state index in [2.05, 4.69) is 44.6 Å². The van der Waals surface area contributed by atoms with Gasteiger partial charge in [0.25, 0.3) is 0 Å². The fourth-order valence-corrected chi connectivity index (χ4v) is 2.78. The summed E-state index contributed by atoms with van der Waals surface area (Å²) in [6, 6.07) is 8.48. The highest BCUT2D eigenvalue weighted by atomic mass is 16.5. The molecule has 0 fully saturated rings. The molecule has 1 aromatic carbocycles. The number of benzene rings is 1. The molecular formula is C16H20N4O. The van der Waals surface area contributed by atoms with Crippen molar-refractivity contribution in [2.75, 3.05) is 18.5 Å². The van der Waals surface area contributed by atoms with Gasteiger partial charge in [0.1, 0.15) is 5.76 Å². The third kappa shape index (κ3) is 2.51. The summed E-state index contributed by atoms with van der Waals surface area (Å²) in [6.45, 7) is 5.53.